The number of nitrogens with two attached hydrogens (primary N) is 1. The number of hydrogen-bond donors (Lipinski definition) is 2. The van der Waals surface area contributed by atoms with E-state index in [1.165, 1.54) is 23.1 Å². The van der Waals surface area contributed by atoms with Crippen molar-refractivity contribution >= 4 is 34.8 Å². The van der Waals surface area contributed by atoms with Crippen molar-refractivity contribution < 1.29 is 14.3 Å². The van der Waals surface area contributed by atoms with Crippen molar-refractivity contribution in [3.8, 4) is 0 Å². The normalized spacial score (nSPS) is 10.4. The van der Waals surface area contributed by atoms with E-state index >= 15 is 0 Å². The Hall–Kier alpha value is -1.60. The maximum absolute atomic E-state index is 13.4. The summed E-state index contributed by atoms with van der Waals surface area (Å²) >= 11 is 2.61. The highest BCUT2D eigenvalue weighted by Gasteiger charge is 2.14. The third kappa shape index (κ3) is 2.56. The van der Waals surface area contributed by atoms with Crippen LogP contribution in [0, 0.1) is 5.82 Å². The lowest BCUT2D eigenvalue weighted by Gasteiger charge is -2.05. The molecule has 0 saturated heterocycles. The van der Waals surface area contributed by atoms with Crippen LogP contribution in [0.2, 0.25) is 0 Å². The molecule has 7 heteroatoms. The number of aromatic nitrogens is 1. The number of carboxylic acid groups (broad SMARTS) is 1. The monoisotopic (exact) mass is 270 g/mol. The van der Waals surface area contributed by atoms with Gasteiger partial charge in [-0.3, -0.25) is 0 Å². The molecule has 4 nitrogen and oxygen atoms in total. The molecule has 1 aromatic carbocycles. The molecule has 0 radical (unpaired) electrons. The van der Waals surface area contributed by atoms with E-state index in [9.17, 15) is 9.18 Å². The molecule has 88 valence electrons. The van der Waals surface area contributed by atoms with Gasteiger partial charge >= 0.3 is 5.97 Å². The number of aromatic carboxylic acids is 1. The standard InChI is InChI=1S/C10H7FN2O2S2/c11-6-4-8(17-10-13-1-2-16-10)7(12)3-5(6)9(14)15/h1-4H,12H2,(H,14,15). The number of anilines is 1. The number of nitrogen functional groups attached to an aromatic ring is 1. The predicted molar refractivity (Wildman–Crippen MR) is 64.0 cm³/mol. The van der Waals surface area contributed by atoms with Crippen LogP contribution in [0.4, 0.5) is 10.1 Å². The molecule has 0 bridgehead atoms. The van der Waals surface area contributed by atoms with Gasteiger partial charge < -0.3 is 10.8 Å². The fourth-order valence-electron chi connectivity index (χ4n) is 1.18. The second-order valence-corrected chi connectivity index (χ2v) is 5.26. The summed E-state index contributed by atoms with van der Waals surface area (Å²) in [6.45, 7) is 0. The molecule has 0 aliphatic carbocycles. The van der Waals surface area contributed by atoms with Crippen LogP contribution in [0.5, 0.6) is 0 Å². The summed E-state index contributed by atoms with van der Waals surface area (Å²) in [7, 11) is 0. The lowest BCUT2D eigenvalue weighted by atomic mass is 10.2. The van der Waals surface area contributed by atoms with Gasteiger partial charge in [0.05, 0.1) is 5.56 Å². The van der Waals surface area contributed by atoms with Crippen LogP contribution >= 0.6 is 23.1 Å². The van der Waals surface area contributed by atoms with E-state index in [-0.39, 0.29) is 5.69 Å². The van der Waals surface area contributed by atoms with Crippen molar-refractivity contribution in [3.63, 3.8) is 0 Å². The van der Waals surface area contributed by atoms with E-state index in [2.05, 4.69) is 4.98 Å². The number of benzene rings is 1. The molecule has 17 heavy (non-hydrogen) atoms. The number of thiazole rings is 1. The third-order valence-corrected chi connectivity index (χ3v) is 3.89. The summed E-state index contributed by atoms with van der Waals surface area (Å²) in [6, 6.07) is 2.23. The minimum Gasteiger partial charge on any atom is -0.478 e. The summed E-state index contributed by atoms with van der Waals surface area (Å²) < 4.78 is 14.2. The summed E-state index contributed by atoms with van der Waals surface area (Å²) in [6.07, 6.45) is 1.63. The molecule has 0 atom stereocenters. The Morgan fingerprint density at radius 3 is 2.88 bits per heavy atom. The first-order valence-electron chi connectivity index (χ1n) is 4.47. The Labute approximate surface area is 104 Å². The van der Waals surface area contributed by atoms with Crippen LogP contribution in [-0.4, -0.2) is 16.1 Å². The van der Waals surface area contributed by atoms with Crippen LogP contribution in [0.3, 0.4) is 0 Å². The summed E-state index contributed by atoms with van der Waals surface area (Å²) in [5.74, 6) is -2.13. The van der Waals surface area contributed by atoms with Gasteiger partial charge in [-0.25, -0.2) is 14.2 Å². The minimum absolute atomic E-state index is 0.226. The molecule has 0 spiro atoms. The van der Waals surface area contributed by atoms with Crippen LogP contribution < -0.4 is 5.73 Å². The SMILES string of the molecule is Nc1cc(C(=O)O)c(F)cc1Sc1nccs1. The maximum atomic E-state index is 13.4. The number of nitrogens with zero attached hydrogens (tertiary/aromatic N) is 1. The average Bonchev–Trinajstić information content (AvgIpc) is 2.75. The molecule has 1 heterocycles. The number of carboxylic acids is 1. The van der Waals surface area contributed by atoms with Crippen molar-refractivity contribution in [2.75, 3.05) is 5.73 Å². The zero-order valence-corrected chi connectivity index (χ0v) is 10.0. The van der Waals surface area contributed by atoms with Gasteiger partial charge in [0.15, 0.2) is 4.34 Å². The van der Waals surface area contributed by atoms with Gasteiger partial charge in [0.25, 0.3) is 0 Å². The second kappa shape index (κ2) is 4.72. The molecule has 0 saturated carbocycles. The lowest BCUT2D eigenvalue weighted by Crippen LogP contribution is -2.03. The summed E-state index contributed by atoms with van der Waals surface area (Å²) in [5.41, 5.74) is 5.47. The van der Waals surface area contributed by atoms with E-state index in [0.717, 1.165) is 16.5 Å². The Morgan fingerprint density at radius 2 is 2.29 bits per heavy atom. The first-order chi connectivity index (χ1) is 8.08. The molecule has 0 aliphatic rings. The molecular formula is C10H7FN2O2S2. The van der Waals surface area contributed by atoms with E-state index in [1.807, 2.05) is 0 Å². The second-order valence-electron chi connectivity index (χ2n) is 3.08. The molecule has 0 unspecified atom stereocenters. The fourth-order valence-corrected chi connectivity index (χ4v) is 2.81. The Morgan fingerprint density at radius 1 is 1.53 bits per heavy atom. The number of hydrogen-bond acceptors (Lipinski definition) is 5. The lowest BCUT2D eigenvalue weighted by molar-refractivity contribution is 0.0692. The fraction of sp³-hybridized carbons (Fsp3) is 0. The highest BCUT2D eigenvalue weighted by Crippen LogP contribution is 2.34. The maximum Gasteiger partial charge on any atom is 0.338 e. The highest BCUT2D eigenvalue weighted by molar-refractivity contribution is 8.01. The van der Waals surface area contributed by atoms with Crippen molar-refractivity contribution in [2.24, 2.45) is 0 Å². The number of carbonyl (C=O) groups is 1. The van der Waals surface area contributed by atoms with Gasteiger partial charge in [0.2, 0.25) is 0 Å². The van der Waals surface area contributed by atoms with Crippen LogP contribution in [0.15, 0.2) is 32.9 Å². The molecule has 3 N–H and O–H groups in total. The number of rotatable bonds is 3. The molecule has 2 aromatic rings. The van der Waals surface area contributed by atoms with Crippen molar-refractivity contribution in [3.05, 3.63) is 35.1 Å². The largest absolute Gasteiger partial charge is 0.478 e. The molecule has 0 aliphatic heterocycles. The zero-order valence-electron chi connectivity index (χ0n) is 8.38. The van der Waals surface area contributed by atoms with Gasteiger partial charge in [-0.15, -0.1) is 11.3 Å². The van der Waals surface area contributed by atoms with Crippen LogP contribution in [0.1, 0.15) is 10.4 Å². The van der Waals surface area contributed by atoms with Gasteiger partial charge in [0.1, 0.15) is 5.82 Å². The van der Waals surface area contributed by atoms with E-state index in [1.54, 1.807) is 11.6 Å². The van der Waals surface area contributed by atoms with Crippen LogP contribution in [-0.2, 0) is 0 Å². The van der Waals surface area contributed by atoms with Crippen molar-refractivity contribution in [1.29, 1.82) is 0 Å². The van der Waals surface area contributed by atoms with Crippen molar-refractivity contribution in [1.82, 2.24) is 4.98 Å². The Balaban J connectivity index is 2.36. The molecular weight excluding hydrogens is 263 g/mol. The van der Waals surface area contributed by atoms with Gasteiger partial charge in [-0.1, -0.05) is 11.8 Å². The highest BCUT2D eigenvalue weighted by atomic mass is 32.2. The molecule has 0 amide bonds. The summed E-state index contributed by atoms with van der Waals surface area (Å²) in [4.78, 5) is 15.2. The molecule has 2 rings (SSSR count). The van der Waals surface area contributed by atoms with Crippen molar-refractivity contribution in [2.45, 2.75) is 9.24 Å². The first kappa shape index (κ1) is 11.9. The third-order valence-electron chi connectivity index (χ3n) is 1.94. The first-order valence-corrected chi connectivity index (χ1v) is 6.17. The molecule has 1 aromatic heterocycles. The van der Waals surface area contributed by atoms with Crippen LogP contribution in [0.25, 0.3) is 0 Å². The average molecular weight is 270 g/mol. The number of halogens is 1. The van der Waals surface area contributed by atoms with Gasteiger partial charge in [0, 0.05) is 22.2 Å². The quantitative estimate of drug-likeness (QED) is 0.839. The Kier molecular flexibility index (Phi) is 3.30. The molecule has 0 fully saturated rings. The Bertz CT molecular complexity index is 558. The van der Waals surface area contributed by atoms with Gasteiger partial charge in [-0.2, -0.15) is 0 Å². The van der Waals surface area contributed by atoms with Gasteiger partial charge in [-0.05, 0) is 12.1 Å². The smallest absolute Gasteiger partial charge is 0.338 e. The predicted octanol–water partition coefficient (Wildman–Crippen LogP) is 2.71. The topological polar surface area (TPSA) is 76.2 Å². The minimum atomic E-state index is -1.33. The summed E-state index contributed by atoms with van der Waals surface area (Å²) in [5, 5.41) is 10.5. The zero-order chi connectivity index (χ0) is 12.4. The van der Waals surface area contributed by atoms with E-state index in [0.29, 0.717) is 4.90 Å². The van der Waals surface area contributed by atoms with E-state index in [4.69, 9.17) is 10.8 Å². The van der Waals surface area contributed by atoms with E-state index < -0.39 is 17.3 Å².